The van der Waals surface area contributed by atoms with E-state index in [1.54, 1.807) is 13.2 Å². The summed E-state index contributed by atoms with van der Waals surface area (Å²) in [5.41, 5.74) is 6.73. The number of amides is 1. The standard InChI is InChI=1S/C11H17N3O/c1-3-8(7-10(15)13-2)9-5-4-6-14-11(9)12/h4-6,8H,3,7H2,1-2H3,(H2,12,14)(H,13,15)/t8-/m1/s1. The van der Waals surface area contributed by atoms with Crippen LogP contribution < -0.4 is 11.1 Å². The van der Waals surface area contributed by atoms with Gasteiger partial charge in [0.1, 0.15) is 5.82 Å². The van der Waals surface area contributed by atoms with Crippen LogP contribution in [0.15, 0.2) is 18.3 Å². The fourth-order valence-electron chi connectivity index (χ4n) is 1.58. The molecule has 1 aromatic heterocycles. The van der Waals surface area contributed by atoms with Crippen molar-refractivity contribution in [2.45, 2.75) is 25.7 Å². The van der Waals surface area contributed by atoms with E-state index in [0.29, 0.717) is 12.2 Å². The molecule has 4 nitrogen and oxygen atoms in total. The zero-order chi connectivity index (χ0) is 11.3. The Morgan fingerprint density at radius 3 is 2.93 bits per heavy atom. The van der Waals surface area contributed by atoms with E-state index in [1.807, 2.05) is 19.1 Å². The predicted molar refractivity (Wildman–Crippen MR) is 60.4 cm³/mol. The van der Waals surface area contributed by atoms with Crippen LogP contribution in [0.1, 0.15) is 31.2 Å². The summed E-state index contributed by atoms with van der Waals surface area (Å²) in [4.78, 5) is 15.3. The van der Waals surface area contributed by atoms with Gasteiger partial charge in [-0.3, -0.25) is 4.79 Å². The molecule has 0 saturated heterocycles. The number of hydrogen-bond donors (Lipinski definition) is 2. The molecule has 0 spiro atoms. The number of rotatable bonds is 4. The molecule has 15 heavy (non-hydrogen) atoms. The van der Waals surface area contributed by atoms with Gasteiger partial charge in [-0.05, 0) is 24.0 Å². The summed E-state index contributed by atoms with van der Waals surface area (Å²) in [6.45, 7) is 2.04. The smallest absolute Gasteiger partial charge is 0.220 e. The first-order valence-corrected chi connectivity index (χ1v) is 5.10. The van der Waals surface area contributed by atoms with Crippen LogP contribution in [-0.4, -0.2) is 17.9 Å². The van der Waals surface area contributed by atoms with E-state index >= 15 is 0 Å². The van der Waals surface area contributed by atoms with E-state index in [-0.39, 0.29) is 11.8 Å². The van der Waals surface area contributed by atoms with Gasteiger partial charge in [0.2, 0.25) is 5.91 Å². The zero-order valence-corrected chi connectivity index (χ0v) is 9.16. The summed E-state index contributed by atoms with van der Waals surface area (Å²) in [6, 6.07) is 3.78. The monoisotopic (exact) mass is 207 g/mol. The molecule has 1 rings (SSSR count). The summed E-state index contributed by atoms with van der Waals surface area (Å²) in [5, 5.41) is 2.62. The Kier molecular flexibility index (Phi) is 4.09. The Hall–Kier alpha value is -1.58. The van der Waals surface area contributed by atoms with Crippen molar-refractivity contribution >= 4 is 11.7 Å². The fourth-order valence-corrected chi connectivity index (χ4v) is 1.58. The molecule has 0 aliphatic rings. The highest BCUT2D eigenvalue weighted by Crippen LogP contribution is 2.26. The predicted octanol–water partition coefficient (Wildman–Crippen LogP) is 1.29. The summed E-state index contributed by atoms with van der Waals surface area (Å²) in [6.07, 6.45) is 3.00. The van der Waals surface area contributed by atoms with Gasteiger partial charge in [-0.2, -0.15) is 0 Å². The van der Waals surface area contributed by atoms with Gasteiger partial charge in [0.05, 0.1) is 0 Å². The number of carbonyl (C=O) groups is 1. The maximum Gasteiger partial charge on any atom is 0.220 e. The average molecular weight is 207 g/mol. The first-order chi connectivity index (χ1) is 7.19. The van der Waals surface area contributed by atoms with Gasteiger partial charge in [-0.15, -0.1) is 0 Å². The van der Waals surface area contributed by atoms with Crippen LogP contribution in [0.25, 0.3) is 0 Å². The molecule has 82 valence electrons. The van der Waals surface area contributed by atoms with Crippen molar-refractivity contribution in [3.05, 3.63) is 23.9 Å². The van der Waals surface area contributed by atoms with Crippen LogP contribution in [0.2, 0.25) is 0 Å². The number of nitrogens with one attached hydrogen (secondary N) is 1. The topological polar surface area (TPSA) is 68.0 Å². The second kappa shape index (κ2) is 5.34. The minimum atomic E-state index is 0.0325. The molecular weight excluding hydrogens is 190 g/mol. The maximum atomic E-state index is 11.3. The Balaban J connectivity index is 2.83. The van der Waals surface area contributed by atoms with Crippen molar-refractivity contribution in [2.75, 3.05) is 12.8 Å². The molecule has 1 amide bonds. The first-order valence-electron chi connectivity index (χ1n) is 5.10. The molecule has 4 heteroatoms. The number of nitrogens with two attached hydrogens (primary N) is 1. The number of nitrogens with zero attached hydrogens (tertiary/aromatic N) is 1. The van der Waals surface area contributed by atoms with Crippen LogP contribution >= 0.6 is 0 Å². The highest BCUT2D eigenvalue weighted by atomic mass is 16.1. The maximum absolute atomic E-state index is 11.3. The van der Waals surface area contributed by atoms with E-state index < -0.39 is 0 Å². The third-order valence-electron chi connectivity index (χ3n) is 2.51. The molecule has 0 aromatic carbocycles. The highest BCUT2D eigenvalue weighted by molar-refractivity contribution is 5.76. The van der Waals surface area contributed by atoms with Crippen LogP contribution in [0.5, 0.6) is 0 Å². The molecular formula is C11H17N3O. The molecule has 1 heterocycles. The van der Waals surface area contributed by atoms with Gasteiger partial charge in [0.25, 0.3) is 0 Å². The van der Waals surface area contributed by atoms with Gasteiger partial charge in [-0.25, -0.2) is 4.98 Å². The first kappa shape index (κ1) is 11.5. The summed E-state index contributed by atoms with van der Waals surface area (Å²) in [5.74, 6) is 0.706. The van der Waals surface area contributed by atoms with Crippen LogP contribution in [0.4, 0.5) is 5.82 Å². The minimum Gasteiger partial charge on any atom is -0.383 e. The average Bonchev–Trinajstić information content (AvgIpc) is 2.26. The third-order valence-corrected chi connectivity index (χ3v) is 2.51. The van der Waals surface area contributed by atoms with Gasteiger partial charge in [0, 0.05) is 19.7 Å². The SMILES string of the molecule is CC[C@H](CC(=O)NC)c1cccnc1N. The van der Waals surface area contributed by atoms with E-state index in [2.05, 4.69) is 10.3 Å². The molecule has 1 aromatic rings. The van der Waals surface area contributed by atoms with E-state index in [0.717, 1.165) is 12.0 Å². The lowest BCUT2D eigenvalue weighted by Gasteiger charge is -2.15. The third kappa shape index (κ3) is 2.94. The lowest BCUT2D eigenvalue weighted by atomic mass is 9.93. The number of pyridine rings is 1. The Bertz CT molecular complexity index is 338. The highest BCUT2D eigenvalue weighted by Gasteiger charge is 2.15. The number of aromatic nitrogens is 1. The Morgan fingerprint density at radius 2 is 2.40 bits per heavy atom. The van der Waals surface area contributed by atoms with E-state index in [9.17, 15) is 4.79 Å². The second-order valence-electron chi connectivity index (χ2n) is 3.46. The molecule has 1 atom stereocenters. The van der Waals surface area contributed by atoms with Gasteiger partial charge < -0.3 is 11.1 Å². The van der Waals surface area contributed by atoms with Gasteiger partial charge in [-0.1, -0.05) is 13.0 Å². The number of nitrogen functional groups attached to an aromatic ring is 1. The molecule has 0 aliphatic heterocycles. The van der Waals surface area contributed by atoms with E-state index in [4.69, 9.17) is 5.73 Å². The molecule has 0 radical (unpaired) electrons. The summed E-state index contributed by atoms with van der Waals surface area (Å²) in [7, 11) is 1.64. The van der Waals surface area contributed by atoms with E-state index in [1.165, 1.54) is 0 Å². The minimum absolute atomic E-state index is 0.0325. The number of hydrogen-bond acceptors (Lipinski definition) is 3. The second-order valence-corrected chi connectivity index (χ2v) is 3.46. The van der Waals surface area contributed by atoms with Crippen LogP contribution in [-0.2, 0) is 4.79 Å². The largest absolute Gasteiger partial charge is 0.383 e. The van der Waals surface area contributed by atoms with Gasteiger partial charge >= 0.3 is 0 Å². The van der Waals surface area contributed by atoms with Crippen molar-refractivity contribution in [3.63, 3.8) is 0 Å². The molecule has 0 fully saturated rings. The molecule has 3 N–H and O–H groups in total. The lowest BCUT2D eigenvalue weighted by molar-refractivity contribution is -0.121. The molecule has 0 bridgehead atoms. The molecule has 0 unspecified atom stereocenters. The van der Waals surface area contributed by atoms with Gasteiger partial charge in [0.15, 0.2) is 0 Å². The Morgan fingerprint density at radius 1 is 1.67 bits per heavy atom. The summed E-state index contributed by atoms with van der Waals surface area (Å²) >= 11 is 0. The normalized spacial score (nSPS) is 12.1. The summed E-state index contributed by atoms with van der Waals surface area (Å²) < 4.78 is 0. The Labute approximate surface area is 89.9 Å². The quantitative estimate of drug-likeness (QED) is 0.781. The number of anilines is 1. The molecule has 0 aliphatic carbocycles. The molecule has 0 saturated carbocycles. The van der Waals surface area contributed by atoms with Crippen molar-refractivity contribution in [1.29, 1.82) is 0 Å². The lowest BCUT2D eigenvalue weighted by Crippen LogP contribution is -2.20. The van der Waals surface area contributed by atoms with Crippen molar-refractivity contribution in [2.24, 2.45) is 0 Å². The fraction of sp³-hybridized carbons (Fsp3) is 0.455. The number of carbonyl (C=O) groups excluding carboxylic acids is 1. The zero-order valence-electron chi connectivity index (χ0n) is 9.16. The van der Waals surface area contributed by atoms with Crippen molar-refractivity contribution < 1.29 is 4.79 Å². The van der Waals surface area contributed by atoms with Crippen molar-refractivity contribution in [3.8, 4) is 0 Å². The van der Waals surface area contributed by atoms with Crippen LogP contribution in [0, 0.1) is 0 Å². The van der Waals surface area contributed by atoms with Crippen molar-refractivity contribution in [1.82, 2.24) is 10.3 Å². The van der Waals surface area contributed by atoms with Crippen LogP contribution in [0.3, 0.4) is 0 Å².